The Labute approximate surface area is 90.5 Å². The van der Waals surface area contributed by atoms with Crippen LogP contribution in [0.3, 0.4) is 0 Å². The van der Waals surface area contributed by atoms with Gasteiger partial charge in [-0.1, -0.05) is 0 Å². The zero-order chi connectivity index (χ0) is 10.1. The molecular formula is C12H17N3. The second-order valence-corrected chi connectivity index (χ2v) is 4.71. The van der Waals surface area contributed by atoms with Crippen molar-refractivity contribution in [1.29, 1.82) is 0 Å². The number of hydrogen-bond donors (Lipinski definition) is 0. The van der Waals surface area contributed by atoms with E-state index >= 15 is 0 Å². The Kier molecular flexibility index (Phi) is 2.31. The van der Waals surface area contributed by atoms with Crippen LogP contribution in [-0.4, -0.2) is 23.1 Å². The van der Waals surface area contributed by atoms with E-state index in [4.69, 9.17) is 0 Å². The summed E-state index contributed by atoms with van der Waals surface area (Å²) >= 11 is 0. The zero-order valence-electron chi connectivity index (χ0n) is 9.02. The molecule has 0 N–H and O–H groups in total. The van der Waals surface area contributed by atoms with Gasteiger partial charge in [-0.25, -0.2) is 9.97 Å². The molecule has 80 valence electrons. The molecule has 0 radical (unpaired) electrons. The fourth-order valence-corrected chi connectivity index (χ4v) is 2.23. The van der Waals surface area contributed by atoms with E-state index < -0.39 is 0 Å². The van der Waals surface area contributed by atoms with Gasteiger partial charge in [0.05, 0.1) is 0 Å². The molecule has 0 bridgehead atoms. The summed E-state index contributed by atoms with van der Waals surface area (Å²) in [6.07, 6.45) is 8.28. The van der Waals surface area contributed by atoms with Gasteiger partial charge in [-0.05, 0) is 38.0 Å². The smallest absolute Gasteiger partial charge is 0.132 e. The summed E-state index contributed by atoms with van der Waals surface area (Å²) < 4.78 is 0. The van der Waals surface area contributed by atoms with Crippen molar-refractivity contribution in [2.45, 2.75) is 32.1 Å². The van der Waals surface area contributed by atoms with Gasteiger partial charge in [0, 0.05) is 24.8 Å². The van der Waals surface area contributed by atoms with Gasteiger partial charge in [0.15, 0.2) is 0 Å². The zero-order valence-corrected chi connectivity index (χ0v) is 9.02. The Morgan fingerprint density at radius 2 is 2.00 bits per heavy atom. The Bertz CT molecular complexity index is 340. The van der Waals surface area contributed by atoms with Gasteiger partial charge in [-0.2, -0.15) is 0 Å². The third-order valence-electron chi connectivity index (χ3n) is 3.33. The third-order valence-corrected chi connectivity index (χ3v) is 3.33. The van der Waals surface area contributed by atoms with Gasteiger partial charge in [-0.3, -0.25) is 0 Å². The summed E-state index contributed by atoms with van der Waals surface area (Å²) in [6.45, 7) is 2.33. The number of nitrogens with zero attached hydrogens (tertiary/aromatic N) is 3. The molecule has 3 heteroatoms. The Balaban J connectivity index is 1.75. The molecule has 0 amide bonds. The lowest BCUT2D eigenvalue weighted by molar-refractivity contribution is 0.793. The predicted molar refractivity (Wildman–Crippen MR) is 59.9 cm³/mol. The Morgan fingerprint density at radius 3 is 2.73 bits per heavy atom. The van der Waals surface area contributed by atoms with Crippen LogP contribution >= 0.6 is 0 Å². The van der Waals surface area contributed by atoms with Gasteiger partial charge < -0.3 is 4.90 Å². The molecule has 2 fully saturated rings. The van der Waals surface area contributed by atoms with Crippen LogP contribution in [-0.2, 0) is 6.42 Å². The van der Waals surface area contributed by atoms with Crippen LogP contribution in [0.5, 0.6) is 0 Å². The molecule has 1 saturated carbocycles. The van der Waals surface area contributed by atoms with Gasteiger partial charge >= 0.3 is 0 Å². The SMILES string of the molecule is c1nc(CC2CC2)cc(N2CCCC2)n1. The molecule has 0 unspecified atom stereocenters. The summed E-state index contributed by atoms with van der Waals surface area (Å²) in [5, 5.41) is 0. The summed E-state index contributed by atoms with van der Waals surface area (Å²) in [5.74, 6) is 2.05. The van der Waals surface area contributed by atoms with E-state index in [1.54, 1.807) is 6.33 Å². The highest BCUT2D eigenvalue weighted by atomic mass is 15.2. The average molecular weight is 203 g/mol. The molecular weight excluding hydrogens is 186 g/mol. The van der Waals surface area contributed by atoms with Gasteiger partial charge in [-0.15, -0.1) is 0 Å². The summed E-state index contributed by atoms with van der Waals surface area (Å²) in [4.78, 5) is 11.1. The molecule has 1 aromatic rings. The molecule has 0 aromatic carbocycles. The normalized spacial score (nSPS) is 20.9. The van der Waals surface area contributed by atoms with Crippen LogP contribution in [0.1, 0.15) is 31.4 Å². The number of hydrogen-bond acceptors (Lipinski definition) is 3. The van der Waals surface area contributed by atoms with Gasteiger partial charge in [0.1, 0.15) is 12.1 Å². The average Bonchev–Trinajstić information content (AvgIpc) is 2.91. The standard InChI is InChI=1S/C12H17N3/c1-2-6-15(5-1)12-8-11(13-9-14-12)7-10-3-4-10/h8-10H,1-7H2. The second-order valence-electron chi connectivity index (χ2n) is 4.71. The molecule has 3 nitrogen and oxygen atoms in total. The highest BCUT2D eigenvalue weighted by Gasteiger charge is 2.22. The minimum Gasteiger partial charge on any atom is -0.357 e. The predicted octanol–water partition coefficient (Wildman–Crippen LogP) is 2.03. The molecule has 2 aliphatic rings. The van der Waals surface area contributed by atoms with Crippen molar-refractivity contribution in [1.82, 2.24) is 9.97 Å². The van der Waals surface area contributed by atoms with Crippen molar-refractivity contribution in [3.8, 4) is 0 Å². The molecule has 3 rings (SSSR count). The van der Waals surface area contributed by atoms with Crippen LogP contribution in [0.15, 0.2) is 12.4 Å². The molecule has 1 aliphatic carbocycles. The van der Waals surface area contributed by atoms with Crippen molar-refractivity contribution in [2.24, 2.45) is 5.92 Å². The summed E-state index contributed by atoms with van der Waals surface area (Å²) in [5.41, 5.74) is 1.23. The Hall–Kier alpha value is -1.12. The van der Waals surface area contributed by atoms with Crippen molar-refractivity contribution < 1.29 is 0 Å². The lowest BCUT2D eigenvalue weighted by atomic mass is 10.2. The van der Waals surface area contributed by atoms with Crippen LogP contribution in [0, 0.1) is 5.92 Å². The molecule has 0 atom stereocenters. The fraction of sp³-hybridized carbons (Fsp3) is 0.667. The first kappa shape index (κ1) is 9.13. The molecule has 1 aromatic heterocycles. The number of aromatic nitrogens is 2. The molecule has 2 heterocycles. The van der Waals surface area contributed by atoms with Crippen molar-refractivity contribution in [3.05, 3.63) is 18.1 Å². The quantitative estimate of drug-likeness (QED) is 0.752. The second kappa shape index (κ2) is 3.80. The van der Waals surface area contributed by atoms with E-state index in [9.17, 15) is 0 Å². The van der Waals surface area contributed by atoms with Gasteiger partial charge in [0.2, 0.25) is 0 Å². The summed E-state index contributed by atoms with van der Waals surface area (Å²) in [7, 11) is 0. The van der Waals surface area contributed by atoms with Gasteiger partial charge in [0.25, 0.3) is 0 Å². The van der Waals surface area contributed by atoms with Crippen molar-refractivity contribution >= 4 is 5.82 Å². The third kappa shape index (κ3) is 2.11. The Morgan fingerprint density at radius 1 is 1.20 bits per heavy atom. The van der Waals surface area contributed by atoms with Crippen LogP contribution in [0.25, 0.3) is 0 Å². The first-order valence-corrected chi connectivity index (χ1v) is 5.98. The van der Waals surface area contributed by atoms with Crippen LogP contribution in [0.4, 0.5) is 5.82 Å². The maximum atomic E-state index is 4.36. The largest absolute Gasteiger partial charge is 0.357 e. The monoisotopic (exact) mass is 203 g/mol. The maximum absolute atomic E-state index is 4.36. The molecule has 1 aliphatic heterocycles. The van der Waals surface area contributed by atoms with Crippen LogP contribution in [0.2, 0.25) is 0 Å². The molecule has 1 saturated heterocycles. The maximum Gasteiger partial charge on any atom is 0.132 e. The fourth-order valence-electron chi connectivity index (χ4n) is 2.23. The molecule has 15 heavy (non-hydrogen) atoms. The molecule has 0 spiro atoms. The van der Waals surface area contributed by atoms with E-state index in [-0.39, 0.29) is 0 Å². The minimum atomic E-state index is 0.909. The lowest BCUT2D eigenvalue weighted by Crippen LogP contribution is -2.19. The number of rotatable bonds is 3. The van der Waals surface area contributed by atoms with E-state index in [1.165, 1.54) is 44.5 Å². The number of anilines is 1. The van der Waals surface area contributed by atoms with E-state index in [0.717, 1.165) is 18.2 Å². The summed E-state index contributed by atoms with van der Waals surface area (Å²) in [6, 6.07) is 2.18. The van der Waals surface area contributed by atoms with Crippen molar-refractivity contribution in [3.63, 3.8) is 0 Å². The first-order valence-electron chi connectivity index (χ1n) is 5.98. The topological polar surface area (TPSA) is 29.0 Å². The van der Waals surface area contributed by atoms with E-state index in [2.05, 4.69) is 20.9 Å². The lowest BCUT2D eigenvalue weighted by Gasteiger charge is -2.16. The highest BCUT2D eigenvalue weighted by Crippen LogP contribution is 2.32. The van der Waals surface area contributed by atoms with E-state index in [0.29, 0.717) is 0 Å². The van der Waals surface area contributed by atoms with Crippen LogP contribution < -0.4 is 4.90 Å². The minimum absolute atomic E-state index is 0.909. The van der Waals surface area contributed by atoms with Crippen molar-refractivity contribution in [2.75, 3.05) is 18.0 Å². The highest BCUT2D eigenvalue weighted by molar-refractivity contribution is 5.39. The first-order chi connectivity index (χ1) is 7.42. The van der Waals surface area contributed by atoms with E-state index in [1.807, 2.05) is 0 Å².